The Bertz CT molecular complexity index is 3500. The number of hydrogen-bond acceptors (Lipinski definition) is 3. The van der Waals surface area contributed by atoms with Crippen LogP contribution in [0, 0.1) is 0 Å². The molecule has 0 bridgehead atoms. The average Bonchev–Trinajstić information content (AvgIpc) is 3.97. The van der Waals surface area contributed by atoms with E-state index >= 15 is 0 Å². The first-order chi connectivity index (χ1) is 28.8. The van der Waals surface area contributed by atoms with E-state index in [1.54, 1.807) is 0 Å². The molecule has 0 aliphatic heterocycles. The van der Waals surface area contributed by atoms with E-state index in [-0.39, 0.29) is 0 Å². The molecule has 0 radical (unpaired) electrons. The zero-order chi connectivity index (χ0) is 38.2. The molecule has 0 fully saturated rings. The minimum Gasteiger partial charge on any atom is -0.454 e. The molecule has 0 atom stereocenters. The van der Waals surface area contributed by atoms with E-state index in [1.807, 2.05) is 18.2 Å². The van der Waals surface area contributed by atoms with Crippen molar-refractivity contribution in [1.29, 1.82) is 0 Å². The van der Waals surface area contributed by atoms with Crippen LogP contribution in [0.4, 0.5) is 17.1 Å². The van der Waals surface area contributed by atoms with Gasteiger partial charge in [-0.3, -0.25) is 4.57 Å². The summed E-state index contributed by atoms with van der Waals surface area (Å²) in [4.78, 5) is 2.35. The van der Waals surface area contributed by atoms with E-state index in [0.29, 0.717) is 0 Å². The van der Waals surface area contributed by atoms with Crippen molar-refractivity contribution in [1.82, 2.24) is 4.57 Å². The largest absolute Gasteiger partial charge is 0.454 e. The lowest BCUT2D eigenvalue weighted by Gasteiger charge is -2.27. The van der Waals surface area contributed by atoms with Crippen molar-refractivity contribution >= 4 is 82.7 Å². The standard InChI is InChI=1S/C54H34N2O2/c1-3-15-35(16-4-1)39-33-34-48(42-20-8-7-19-41(39)42)55(49-27-14-24-44-43-21-10-12-28-50(43)57-53(44)49)38-31-29-36(30-32-38)40-23-13-25-46-51-45-22-9-11-26-47(45)56(54(51)58-52(40)46)37-17-5-2-6-18-37/h1-34H. The summed E-state index contributed by atoms with van der Waals surface area (Å²) in [5.74, 6) is 0. The number of para-hydroxylation sites is 5. The van der Waals surface area contributed by atoms with Crippen molar-refractivity contribution in [2.24, 2.45) is 0 Å². The molecule has 9 aromatic carbocycles. The minimum absolute atomic E-state index is 0.849. The molecule has 272 valence electrons. The number of fused-ring (bicyclic) bond motifs is 9. The van der Waals surface area contributed by atoms with Crippen LogP contribution in [0.1, 0.15) is 0 Å². The van der Waals surface area contributed by atoms with Gasteiger partial charge in [-0.25, -0.2) is 0 Å². The Hall–Kier alpha value is -7.82. The van der Waals surface area contributed by atoms with Crippen molar-refractivity contribution in [2.75, 3.05) is 4.90 Å². The van der Waals surface area contributed by atoms with Crippen molar-refractivity contribution < 1.29 is 8.83 Å². The van der Waals surface area contributed by atoms with Gasteiger partial charge in [-0.15, -0.1) is 0 Å². The number of furan rings is 2. The summed E-state index contributed by atoms with van der Waals surface area (Å²) < 4.78 is 15.9. The van der Waals surface area contributed by atoms with Crippen LogP contribution in [0.15, 0.2) is 215 Å². The van der Waals surface area contributed by atoms with Crippen LogP contribution in [-0.2, 0) is 0 Å². The van der Waals surface area contributed by atoms with E-state index in [1.165, 1.54) is 21.9 Å². The molecule has 58 heavy (non-hydrogen) atoms. The van der Waals surface area contributed by atoms with Crippen molar-refractivity contribution in [2.45, 2.75) is 0 Å². The first-order valence-corrected chi connectivity index (χ1v) is 19.7. The van der Waals surface area contributed by atoms with Crippen LogP contribution in [0.25, 0.3) is 93.6 Å². The molecule has 12 aromatic rings. The molecule has 0 aliphatic rings. The quantitative estimate of drug-likeness (QED) is 0.170. The van der Waals surface area contributed by atoms with E-state index in [9.17, 15) is 0 Å². The van der Waals surface area contributed by atoms with E-state index in [0.717, 1.165) is 88.8 Å². The molecule has 0 saturated heterocycles. The van der Waals surface area contributed by atoms with Gasteiger partial charge in [0.05, 0.1) is 22.3 Å². The molecule has 0 unspecified atom stereocenters. The molecule has 3 aromatic heterocycles. The molecule has 3 heterocycles. The van der Waals surface area contributed by atoms with Gasteiger partial charge in [-0.1, -0.05) is 158 Å². The van der Waals surface area contributed by atoms with E-state index < -0.39 is 0 Å². The zero-order valence-corrected chi connectivity index (χ0v) is 31.3. The lowest BCUT2D eigenvalue weighted by molar-refractivity contribution is 0.646. The maximum Gasteiger partial charge on any atom is 0.213 e. The number of anilines is 3. The predicted molar refractivity (Wildman–Crippen MR) is 241 cm³/mol. The predicted octanol–water partition coefficient (Wildman–Crippen LogP) is 15.4. The van der Waals surface area contributed by atoms with Gasteiger partial charge in [0.15, 0.2) is 5.58 Å². The molecule has 0 aliphatic carbocycles. The Balaban J connectivity index is 1.05. The van der Waals surface area contributed by atoms with Crippen LogP contribution in [0.5, 0.6) is 0 Å². The Morgan fingerprint density at radius 2 is 1.00 bits per heavy atom. The van der Waals surface area contributed by atoms with Crippen LogP contribution in [0.2, 0.25) is 0 Å². The summed E-state index contributed by atoms with van der Waals surface area (Å²) in [5.41, 5.74) is 13.2. The van der Waals surface area contributed by atoms with Gasteiger partial charge in [0.1, 0.15) is 11.2 Å². The molecule has 12 rings (SSSR count). The Morgan fingerprint density at radius 1 is 0.362 bits per heavy atom. The van der Waals surface area contributed by atoms with Gasteiger partial charge in [0, 0.05) is 43.9 Å². The molecular formula is C54H34N2O2. The first kappa shape index (κ1) is 32.4. The maximum atomic E-state index is 6.94. The molecule has 4 heteroatoms. The summed E-state index contributed by atoms with van der Waals surface area (Å²) in [6.07, 6.45) is 0. The lowest BCUT2D eigenvalue weighted by Crippen LogP contribution is -2.11. The monoisotopic (exact) mass is 742 g/mol. The number of benzene rings is 9. The Kier molecular flexibility index (Phi) is 7.20. The number of rotatable bonds is 6. The fourth-order valence-corrected chi connectivity index (χ4v) is 9.03. The maximum absolute atomic E-state index is 6.94. The zero-order valence-electron chi connectivity index (χ0n) is 31.3. The second-order valence-corrected chi connectivity index (χ2v) is 14.8. The highest BCUT2D eigenvalue weighted by molar-refractivity contribution is 6.22. The highest BCUT2D eigenvalue weighted by Gasteiger charge is 2.24. The highest BCUT2D eigenvalue weighted by atomic mass is 16.3. The van der Waals surface area contributed by atoms with Gasteiger partial charge in [-0.2, -0.15) is 0 Å². The van der Waals surface area contributed by atoms with Gasteiger partial charge < -0.3 is 13.7 Å². The molecule has 0 amide bonds. The second-order valence-electron chi connectivity index (χ2n) is 14.8. The SMILES string of the molecule is c1ccc(-c2ccc(N(c3ccc(-c4cccc5c4oc4c5c5ccccc5n4-c4ccccc4)cc3)c3cccc4c3oc3ccccc34)c3ccccc23)cc1. The molecule has 0 saturated carbocycles. The van der Waals surface area contributed by atoms with Crippen molar-refractivity contribution in [3.63, 3.8) is 0 Å². The smallest absolute Gasteiger partial charge is 0.213 e. The second kappa shape index (κ2) is 12.9. The summed E-state index contributed by atoms with van der Waals surface area (Å²) in [6, 6.07) is 73.0. The van der Waals surface area contributed by atoms with Gasteiger partial charge in [-0.05, 0) is 70.6 Å². The third kappa shape index (κ3) is 4.88. The first-order valence-electron chi connectivity index (χ1n) is 19.7. The molecule has 4 nitrogen and oxygen atoms in total. The molecular weight excluding hydrogens is 709 g/mol. The Labute approximate surface area is 334 Å². The average molecular weight is 743 g/mol. The highest BCUT2D eigenvalue weighted by Crippen LogP contribution is 2.47. The number of nitrogens with zero attached hydrogens (tertiary/aromatic N) is 2. The number of hydrogen-bond donors (Lipinski definition) is 0. The fraction of sp³-hybridized carbons (Fsp3) is 0. The van der Waals surface area contributed by atoms with Crippen LogP contribution >= 0.6 is 0 Å². The topological polar surface area (TPSA) is 34.5 Å². The summed E-state index contributed by atoms with van der Waals surface area (Å²) in [5, 5.41) is 7.94. The van der Waals surface area contributed by atoms with Crippen LogP contribution in [0.3, 0.4) is 0 Å². The molecule has 0 N–H and O–H groups in total. The van der Waals surface area contributed by atoms with Gasteiger partial charge >= 0.3 is 0 Å². The Morgan fingerprint density at radius 3 is 1.83 bits per heavy atom. The molecule has 0 spiro atoms. The minimum atomic E-state index is 0.849. The number of aromatic nitrogens is 1. The van der Waals surface area contributed by atoms with E-state index in [2.05, 4.69) is 198 Å². The summed E-state index contributed by atoms with van der Waals surface area (Å²) in [7, 11) is 0. The van der Waals surface area contributed by atoms with Crippen molar-refractivity contribution in [3.05, 3.63) is 206 Å². The van der Waals surface area contributed by atoms with E-state index in [4.69, 9.17) is 8.83 Å². The van der Waals surface area contributed by atoms with Crippen LogP contribution in [-0.4, -0.2) is 4.57 Å². The third-order valence-corrected chi connectivity index (χ3v) is 11.6. The summed E-state index contributed by atoms with van der Waals surface area (Å²) >= 11 is 0. The van der Waals surface area contributed by atoms with Gasteiger partial charge in [0.2, 0.25) is 5.71 Å². The van der Waals surface area contributed by atoms with Crippen molar-refractivity contribution in [3.8, 4) is 27.9 Å². The fourth-order valence-electron chi connectivity index (χ4n) is 9.03. The normalized spacial score (nSPS) is 11.8. The third-order valence-electron chi connectivity index (χ3n) is 11.6. The summed E-state index contributed by atoms with van der Waals surface area (Å²) in [6.45, 7) is 0. The van der Waals surface area contributed by atoms with Crippen LogP contribution < -0.4 is 4.90 Å². The lowest BCUT2D eigenvalue weighted by atomic mass is 9.96. The van der Waals surface area contributed by atoms with Gasteiger partial charge in [0.25, 0.3) is 0 Å².